The molecule has 0 aliphatic heterocycles. The predicted molar refractivity (Wildman–Crippen MR) is 118 cm³/mol. The number of nitrogens with one attached hydrogen (secondary N) is 1. The Morgan fingerprint density at radius 3 is 2.30 bits per heavy atom. The number of aryl methyl sites for hydroxylation is 1. The van der Waals surface area contributed by atoms with E-state index in [0.29, 0.717) is 18.8 Å². The number of rotatable bonds is 8. The molecule has 3 rings (SSSR count). The lowest BCUT2D eigenvalue weighted by Crippen LogP contribution is -2.38. The summed E-state index contributed by atoms with van der Waals surface area (Å²) >= 11 is 0. The van der Waals surface area contributed by atoms with Crippen LogP contribution in [0.4, 0.5) is 10.6 Å². The molecule has 0 fully saturated rings. The summed E-state index contributed by atoms with van der Waals surface area (Å²) in [5, 5.41) is 11.7. The Kier molecular flexibility index (Phi) is 7.16. The number of nitrogens with zero attached hydrogens (tertiary/aromatic N) is 2. The Bertz CT molecular complexity index is 988. The molecule has 0 aliphatic carbocycles. The molecule has 0 radical (unpaired) electrons. The fraction of sp³-hybridized carbons (Fsp3) is 0.208. The quantitative estimate of drug-likeness (QED) is 0.592. The fourth-order valence-corrected chi connectivity index (χ4v) is 3.05. The van der Waals surface area contributed by atoms with E-state index in [-0.39, 0.29) is 12.5 Å². The second-order valence-electron chi connectivity index (χ2n) is 7.00. The zero-order valence-electron chi connectivity index (χ0n) is 16.9. The minimum atomic E-state index is -0.807. The third-order valence-electron chi connectivity index (χ3n) is 4.79. The SMILES string of the molecule is CN(C(=O)NCCc1ccccc1)c1cccc(-c2ccc(CCC(=O)O)cc2)n1. The molecule has 0 spiro atoms. The van der Waals surface area contributed by atoms with Crippen LogP contribution in [0.5, 0.6) is 0 Å². The van der Waals surface area contributed by atoms with Crippen LogP contribution in [0.15, 0.2) is 72.8 Å². The number of aliphatic carboxylic acids is 1. The third-order valence-corrected chi connectivity index (χ3v) is 4.79. The smallest absolute Gasteiger partial charge is 0.322 e. The van der Waals surface area contributed by atoms with Crippen molar-refractivity contribution in [3.05, 3.63) is 83.9 Å². The van der Waals surface area contributed by atoms with Crippen molar-refractivity contribution in [3.63, 3.8) is 0 Å². The summed E-state index contributed by atoms with van der Waals surface area (Å²) in [6, 6.07) is 23.0. The van der Waals surface area contributed by atoms with Gasteiger partial charge in [0.2, 0.25) is 0 Å². The van der Waals surface area contributed by atoms with Crippen LogP contribution >= 0.6 is 0 Å². The topological polar surface area (TPSA) is 82.5 Å². The van der Waals surface area contributed by atoms with Crippen LogP contribution in [0.1, 0.15) is 17.5 Å². The molecule has 3 aromatic rings. The highest BCUT2D eigenvalue weighted by Crippen LogP contribution is 2.21. The van der Waals surface area contributed by atoms with E-state index in [4.69, 9.17) is 5.11 Å². The first kappa shape index (κ1) is 21.0. The zero-order valence-corrected chi connectivity index (χ0v) is 16.9. The summed E-state index contributed by atoms with van der Waals surface area (Å²) in [4.78, 5) is 29.3. The van der Waals surface area contributed by atoms with Gasteiger partial charge in [-0.15, -0.1) is 0 Å². The Morgan fingerprint density at radius 1 is 0.900 bits per heavy atom. The van der Waals surface area contributed by atoms with Crippen molar-refractivity contribution in [2.75, 3.05) is 18.5 Å². The number of urea groups is 1. The first-order chi connectivity index (χ1) is 14.5. The molecule has 0 unspecified atom stereocenters. The lowest BCUT2D eigenvalue weighted by molar-refractivity contribution is -0.136. The Hall–Kier alpha value is -3.67. The van der Waals surface area contributed by atoms with Gasteiger partial charge in [-0.3, -0.25) is 9.69 Å². The van der Waals surface area contributed by atoms with Gasteiger partial charge in [-0.2, -0.15) is 0 Å². The van der Waals surface area contributed by atoms with E-state index in [1.54, 1.807) is 13.1 Å². The van der Waals surface area contributed by atoms with Crippen molar-refractivity contribution in [2.45, 2.75) is 19.3 Å². The number of carboxylic acids is 1. The molecule has 2 aromatic carbocycles. The number of pyridine rings is 1. The second-order valence-corrected chi connectivity index (χ2v) is 7.00. The Balaban J connectivity index is 1.61. The van der Waals surface area contributed by atoms with E-state index in [9.17, 15) is 9.59 Å². The van der Waals surface area contributed by atoms with Gasteiger partial charge in [0.15, 0.2) is 0 Å². The van der Waals surface area contributed by atoms with Gasteiger partial charge in [-0.1, -0.05) is 60.7 Å². The maximum Gasteiger partial charge on any atom is 0.322 e. The van der Waals surface area contributed by atoms with Crippen LogP contribution in [0.3, 0.4) is 0 Å². The summed E-state index contributed by atoms with van der Waals surface area (Å²) < 4.78 is 0. The number of anilines is 1. The van der Waals surface area contributed by atoms with E-state index in [0.717, 1.165) is 23.2 Å². The molecule has 0 bridgehead atoms. The molecule has 0 saturated carbocycles. The monoisotopic (exact) mass is 403 g/mol. The molecule has 6 heteroatoms. The van der Waals surface area contributed by atoms with Crippen LogP contribution in [-0.2, 0) is 17.6 Å². The van der Waals surface area contributed by atoms with Crippen molar-refractivity contribution in [1.29, 1.82) is 0 Å². The lowest BCUT2D eigenvalue weighted by atomic mass is 10.1. The van der Waals surface area contributed by atoms with E-state index >= 15 is 0 Å². The maximum absolute atomic E-state index is 12.5. The molecule has 2 N–H and O–H groups in total. The highest BCUT2D eigenvalue weighted by molar-refractivity contribution is 5.90. The van der Waals surface area contributed by atoms with Gasteiger partial charge in [0.1, 0.15) is 5.82 Å². The average Bonchev–Trinajstić information content (AvgIpc) is 2.78. The van der Waals surface area contributed by atoms with Crippen molar-refractivity contribution in [2.24, 2.45) is 0 Å². The zero-order chi connectivity index (χ0) is 21.3. The minimum absolute atomic E-state index is 0.108. The van der Waals surface area contributed by atoms with E-state index in [2.05, 4.69) is 10.3 Å². The molecular weight excluding hydrogens is 378 g/mol. The number of aromatic nitrogens is 1. The van der Waals surface area contributed by atoms with Gasteiger partial charge in [-0.05, 0) is 36.1 Å². The third kappa shape index (κ3) is 5.91. The van der Waals surface area contributed by atoms with Crippen molar-refractivity contribution >= 4 is 17.8 Å². The van der Waals surface area contributed by atoms with Crippen molar-refractivity contribution < 1.29 is 14.7 Å². The first-order valence-corrected chi connectivity index (χ1v) is 9.86. The van der Waals surface area contributed by atoms with Crippen LogP contribution in [0, 0.1) is 0 Å². The number of carboxylic acid groups (broad SMARTS) is 1. The van der Waals surface area contributed by atoms with E-state index < -0.39 is 5.97 Å². The van der Waals surface area contributed by atoms with Gasteiger partial charge >= 0.3 is 12.0 Å². The molecule has 0 saturated heterocycles. The maximum atomic E-state index is 12.5. The van der Waals surface area contributed by atoms with Crippen molar-refractivity contribution in [3.8, 4) is 11.3 Å². The van der Waals surface area contributed by atoms with E-state index in [1.807, 2.05) is 66.7 Å². The first-order valence-electron chi connectivity index (χ1n) is 9.86. The molecule has 30 heavy (non-hydrogen) atoms. The lowest BCUT2D eigenvalue weighted by Gasteiger charge is -2.18. The standard InChI is InChI=1S/C24H25N3O3/c1-27(24(30)25-17-16-18-6-3-2-4-7-18)22-9-5-8-21(26-22)20-13-10-19(11-14-20)12-15-23(28)29/h2-11,13-14H,12,15-17H2,1H3,(H,25,30)(H,28,29). The van der Waals surface area contributed by atoms with Crippen LogP contribution in [0.2, 0.25) is 0 Å². The average molecular weight is 403 g/mol. The molecule has 0 atom stereocenters. The fourth-order valence-electron chi connectivity index (χ4n) is 3.05. The van der Waals surface area contributed by atoms with Crippen LogP contribution < -0.4 is 10.2 Å². The second kappa shape index (κ2) is 10.2. The number of carbonyl (C=O) groups is 2. The van der Waals surface area contributed by atoms with E-state index in [1.165, 1.54) is 10.5 Å². The molecule has 2 amide bonds. The molecule has 6 nitrogen and oxygen atoms in total. The summed E-state index contributed by atoms with van der Waals surface area (Å²) in [5.41, 5.74) is 3.80. The summed E-state index contributed by atoms with van der Waals surface area (Å²) in [7, 11) is 1.69. The van der Waals surface area contributed by atoms with Gasteiger partial charge < -0.3 is 10.4 Å². The number of benzene rings is 2. The van der Waals surface area contributed by atoms with Gasteiger partial charge in [0.25, 0.3) is 0 Å². The predicted octanol–water partition coefficient (Wildman–Crippen LogP) is 4.15. The summed E-state index contributed by atoms with van der Waals surface area (Å²) in [6.07, 6.45) is 1.37. The van der Waals surface area contributed by atoms with Crippen LogP contribution in [0.25, 0.3) is 11.3 Å². The Labute approximate surface area is 176 Å². The largest absolute Gasteiger partial charge is 0.481 e. The summed E-state index contributed by atoms with van der Waals surface area (Å²) in [5.74, 6) is -0.252. The molecule has 0 aliphatic rings. The highest BCUT2D eigenvalue weighted by Gasteiger charge is 2.12. The normalized spacial score (nSPS) is 10.4. The molecular formula is C24H25N3O3. The number of hydrogen-bond acceptors (Lipinski definition) is 3. The highest BCUT2D eigenvalue weighted by atomic mass is 16.4. The van der Waals surface area contributed by atoms with Crippen LogP contribution in [-0.4, -0.2) is 35.7 Å². The van der Waals surface area contributed by atoms with Crippen molar-refractivity contribution in [1.82, 2.24) is 10.3 Å². The minimum Gasteiger partial charge on any atom is -0.481 e. The number of amides is 2. The molecule has 1 aromatic heterocycles. The van der Waals surface area contributed by atoms with Gasteiger partial charge in [0.05, 0.1) is 5.69 Å². The van der Waals surface area contributed by atoms with Gasteiger partial charge in [-0.25, -0.2) is 9.78 Å². The molecule has 154 valence electrons. The summed E-state index contributed by atoms with van der Waals surface area (Å²) in [6.45, 7) is 0.546. The Morgan fingerprint density at radius 2 is 1.60 bits per heavy atom. The van der Waals surface area contributed by atoms with Gasteiger partial charge in [0, 0.05) is 25.6 Å². The number of carbonyl (C=O) groups excluding carboxylic acids is 1. The molecule has 1 heterocycles. The number of hydrogen-bond donors (Lipinski definition) is 2.